The first-order valence-corrected chi connectivity index (χ1v) is 8.08. The van der Waals surface area contributed by atoms with Crippen LogP contribution in [-0.2, 0) is 6.61 Å². The van der Waals surface area contributed by atoms with Gasteiger partial charge in [0, 0.05) is 23.6 Å². The second kappa shape index (κ2) is 6.65. The van der Waals surface area contributed by atoms with E-state index in [9.17, 15) is 4.79 Å². The monoisotopic (exact) mass is 331 g/mol. The van der Waals surface area contributed by atoms with Gasteiger partial charge in [0.25, 0.3) is 5.91 Å². The minimum absolute atomic E-state index is 0.0729. The van der Waals surface area contributed by atoms with Crippen molar-refractivity contribution in [2.24, 2.45) is 0 Å². The van der Waals surface area contributed by atoms with Gasteiger partial charge in [-0.25, -0.2) is 0 Å². The molecule has 2 heterocycles. The molecule has 0 spiro atoms. The van der Waals surface area contributed by atoms with E-state index in [1.54, 1.807) is 12.4 Å². The molecule has 0 saturated heterocycles. The lowest BCUT2D eigenvalue weighted by atomic mass is 10.1. The van der Waals surface area contributed by atoms with E-state index in [2.05, 4.69) is 15.6 Å². The number of carbonyl (C=O) groups excluding carboxylic acids is 1. The number of aromatic nitrogens is 1. The van der Waals surface area contributed by atoms with Crippen molar-refractivity contribution in [1.29, 1.82) is 0 Å². The molecule has 0 unspecified atom stereocenters. The van der Waals surface area contributed by atoms with E-state index in [0.29, 0.717) is 12.2 Å². The number of ether oxygens (including phenoxy) is 1. The number of hydrogen-bond acceptors (Lipinski definition) is 4. The van der Waals surface area contributed by atoms with Gasteiger partial charge < -0.3 is 15.4 Å². The first-order chi connectivity index (χ1) is 12.3. The van der Waals surface area contributed by atoms with Gasteiger partial charge in [-0.3, -0.25) is 9.78 Å². The highest BCUT2D eigenvalue weighted by Crippen LogP contribution is 2.27. The summed E-state index contributed by atoms with van der Waals surface area (Å²) >= 11 is 0. The molecule has 5 heteroatoms. The average molecular weight is 331 g/mol. The van der Waals surface area contributed by atoms with Crippen LogP contribution in [0.4, 0.5) is 5.69 Å². The van der Waals surface area contributed by atoms with Crippen LogP contribution in [0.2, 0.25) is 0 Å². The zero-order chi connectivity index (χ0) is 17.1. The lowest BCUT2D eigenvalue weighted by Gasteiger charge is -2.28. The Hall–Kier alpha value is -3.34. The van der Waals surface area contributed by atoms with Crippen molar-refractivity contribution >= 4 is 11.6 Å². The number of benzene rings is 2. The number of anilines is 1. The van der Waals surface area contributed by atoms with E-state index < -0.39 is 0 Å². The van der Waals surface area contributed by atoms with Crippen LogP contribution < -0.4 is 15.4 Å². The van der Waals surface area contributed by atoms with E-state index in [-0.39, 0.29) is 12.1 Å². The van der Waals surface area contributed by atoms with E-state index in [0.717, 1.165) is 22.6 Å². The minimum atomic E-state index is -0.255. The molecule has 1 aromatic heterocycles. The summed E-state index contributed by atoms with van der Waals surface area (Å²) in [5.74, 6) is 0.700. The minimum Gasteiger partial charge on any atom is -0.489 e. The fourth-order valence-electron chi connectivity index (χ4n) is 2.78. The Morgan fingerprint density at radius 3 is 2.60 bits per heavy atom. The van der Waals surface area contributed by atoms with E-state index in [4.69, 9.17) is 4.74 Å². The Morgan fingerprint density at radius 2 is 1.80 bits per heavy atom. The van der Waals surface area contributed by atoms with Crippen LogP contribution in [-0.4, -0.2) is 10.9 Å². The summed E-state index contributed by atoms with van der Waals surface area (Å²) in [7, 11) is 0. The maximum Gasteiger partial charge on any atom is 0.255 e. The number of rotatable bonds is 4. The molecular weight excluding hydrogens is 314 g/mol. The average Bonchev–Trinajstić information content (AvgIpc) is 2.68. The van der Waals surface area contributed by atoms with Gasteiger partial charge in [0.1, 0.15) is 18.5 Å². The predicted molar refractivity (Wildman–Crippen MR) is 95.3 cm³/mol. The van der Waals surface area contributed by atoms with Crippen molar-refractivity contribution in [3.05, 3.63) is 89.7 Å². The summed E-state index contributed by atoms with van der Waals surface area (Å²) in [5.41, 5.74) is 3.49. The molecule has 2 aromatic carbocycles. The molecule has 0 radical (unpaired) electrons. The fraction of sp³-hybridized carbons (Fsp3) is 0.100. The molecule has 1 aliphatic heterocycles. The zero-order valence-electron chi connectivity index (χ0n) is 13.5. The zero-order valence-corrected chi connectivity index (χ0v) is 13.5. The molecule has 1 atom stereocenters. The van der Waals surface area contributed by atoms with E-state index in [1.165, 1.54) is 0 Å². The number of pyridine rings is 1. The van der Waals surface area contributed by atoms with Crippen LogP contribution in [0, 0.1) is 0 Å². The number of fused-ring (bicyclic) bond motifs is 1. The Morgan fingerprint density at radius 1 is 0.960 bits per heavy atom. The summed E-state index contributed by atoms with van der Waals surface area (Å²) in [4.78, 5) is 16.3. The van der Waals surface area contributed by atoms with Crippen molar-refractivity contribution in [1.82, 2.24) is 10.3 Å². The summed E-state index contributed by atoms with van der Waals surface area (Å²) in [6.07, 6.45) is 3.27. The number of hydrogen-bond donors (Lipinski definition) is 2. The van der Waals surface area contributed by atoms with Crippen LogP contribution in [0.1, 0.15) is 27.7 Å². The molecule has 3 aromatic rings. The summed E-state index contributed by atoms with van der Waals surface area (Å²) < 4.78 is 5.76. The maximum absolute atomic E-state index is 12.2. The highest BCUT2D eigenvalue weighted by atomic mass is 16.5. The van der Waals surface area contributed by atoms with E-state index >= 15 is 0 Å². The van der Waals surface area contributed by atoms with Gasteiger partial charge in [0.05, 0.1) is 5.56 Å². The van der Waals surface area contributed by atoms with Crippen molar-refractivity contribution in [3.63, 3.8) is 0 Å². The van der Waals surface area contributed by atoms with Gasteiger partial charge in [0.2, 0.25) is 0 Å². The molecule has 0 fully saturated rings. The molecule has 1 aliphatic rings. The van der Waals surface area contributed by atoms with Gasteiger partial charge in [-0.2, -0.15) is 0 Å². The van der Waals surface area contributed by atoms with Crippen LogP contribution in [0.5, 0.6) is 5.75 Å². The van der Waals surface area contributed by atoms with Crippen LogP contribution in [0.15, 0.2) is 73.1 Å². The molecule has 1 amide bonds. The van der Waals surface area contributed by atoms with Gasteiger partial charge in [-0.1, -0.05) is 30.3 Å². The Bertz CT molecular complexity index is 879. The quantitative estimate of drug-likeness (QED) is 0.768. The third kappa shape index (κ3) is 3.30. The van der Waals surface area contributed by atoms with Crippen LogP contribution in [0.3, 0.4) is 0 Å². The van der Waals surface area contributed by atoms with Crippen molar-refractivity contribution < 1.29 is 9.53 Å². The summed E-state index contributed by atoms with van der Waals surface area (Å²) in [5, 5.41) is 6.31. The molecule has 5 nitrogen and oxygen atoms in total. The molecular formula is C20H17N3O2. The first-order valence-electron chi connectivity index (χ1n) is 8.08. The maximum atomic E-state index is 12.2. The Kier molecular flexibility index (Phi) is 4.04. The number of para-hydroxylation sites is 1. The Labute approximate surface area is 145 Å². The molecule has 0 bridgehead atoms. The van der Waals surface area contributed by atoms with Crippen LogP contribution in [0.25, 0.3) is 0 Å². The number of carbonyl (C=O) groups is 1. The lowest BCUT2D eigenvalue weighted by molar-refractivity contribution is 0.0935. The molecule has 4 rings (SSSR count). The van der Waals surface area contributed by atoms with Gasteiger partial charge in [-0.05, 0) is 35.9 Å². The third-order valence-corrected chi connectivity index (χ3v) is 4.09. The predicted octanol–water partition coefficient (Wildman–Crippen LogP) is 3.51. The molecule has 0 saturated carbocycles. The second-order valence-corrected chi connectivity index (χ2v) is 5.82. The van der Waals surface area contributed by atoms with Crippen molar-refractivity contribution in [2.45, 2.75) is 12.8 Å². The standard InChI is InChI=1S/C20H17N3O2/c24-20-17-5-1-2-6-18(17)22-19(23-20)15-7-9-16(10-8-15)25-13-14-4-3-11-21-12-14/h1-12,19,22H,13H2,(H,23,24)/t19-/m0/s1. The van der Waals surface area contributed by atoms with Gasteiger partial charge in [0.15, 0.2) is 0 Å². The molecule has 0 aliphatic carbocycles. The van der Waals surface area contributed by atoms with Gasteiger partial charge >= 0.3 is 0 Å². The normalized spacial score (nSPS) is 15.7. The first kappa shape index (κ1) is 15.2. The SMILES string of the molecule is O=C1N[C@@H](c2ccc(OCc3cccnc3)cc2)Nc2ccccc21. The van der Waals surface area contributed by atoms with Gasteiger partial charge in [-0.15, -0.1) is 0 Å². The van der Waals surface area contributed by atoms with Crippen molar-refractivity contribution in [2.75, 3.05) is 5.32 Å². The highest BCUT2D eigenvalue weighted by molar-refractivity contribution is 6.01. The molecule has 124 valence electrons. The number of nitrogens with zero attached hydrogens (tertiary/aromatic N) is 1. The number of nitrogens with one attached hydrogen (secondary N) is 2. The lowest BCUT2D eigenvalue weighted by Crippen LogP contribution is -2.38. The Balaban J connectivity index is 1.45. The second-order valence-electron chi connectivity index (χ2n) is 5.82. The highest BCUT2D eigenvalue weighted by Gasteiger charge is 2.23. The van der Waals surface area contributed by atoms with E-state index in [1.807, 2.05) is 60.7 Å². The topological polar surface area (TPSA) is 63.2 Å². The largest absolute Gasteiger partial charge is 0.489 e. The molecule has 2 N–H and O–H groups in total. The molecule has 25 heavy (non-hydrogen) atoms. The fourth-order valence-corrected chi connectivity index (χ4v) is 2.78. The van der Waals surface area contributed by atoms with Crippen molar-refractivity contribution in [3.8, 4) is 5.75 Å². The summed E-state index contributed by atoms with van der Waals surface area (Å²) in [6.45, 7) is 0.471. The summed E-state index contributed by atoms with van der Waals surface area (Å²) in [6, 6.07) is 19.0. The third-order valence-electron chi connectivity index (χ3n) is 4.09. The smallest absolute Gasteiger partial charge is 0.255 e. The number of amides is 1. The van der Waals surface area contributed by atoms with Crippen LogP contribution >= 0.6 is 0 Å².